The highest BCUT2D eigenvalue weighted by molar-refractivity contribution is 6.04. The Labute approximate surface area is 98.1 Å². The van der Waals surface area contributed by atoms with Crippen molar-refractivity contribution in [1.82, 2.24) is 20.5 Å². The van der Waals surface area contributed by atoms with Crippen LogP contribution in [0.5, 0.6) is 0 Å². The Morgan fingerprint density at radius 1 is 1.59 bits per heavy atom. The van der Waals surface area contributed by atoms with Gasteiger partial charge in [0.25, 0.3) is 5.91 Å². The number of aliphatic hydroxyl groups is 1. The summed E-state index contributed by atoms with van der Waals surface area (Å²) >= 11 is 0. The highest BCUT2D eigenvalue weighted by atomic mass is 16.3. The van der Waals surface area contributed by atoms with E-state index in [-0.39, 0.29) is 18.2 Å². The maximum absolute atomic E-state index is 12.0. The van der Waals surface area contributed by atoms with E-state index < -0.39 is 5.54 Å². The number of pyridine rings is 1. The number of H-pyrrole nitrogens is 1. The molecule has 0 saturated heterocycles. The molecule has 0 aliphatic rings. The summed E-state index contributed by atoms with van der Waals surface area (Å²) in [5.41, 5.74) is 0.367. The van der Waals surface area contributed by atoms with Gasteiger partial charge < -0.3 is 10.4 Å². The van der Waals surface area contributed by atoms with Gasteiger partial charge in [-0.3, -0.25) is 14.9 Å². The minimum Gasteiger partial charge on any atom is -0.394 e. The Morgan fingerprint density at radius 2 is 2.35 bits per heavy atom. The summed E-state index contributed by atoms with van der Waals surface area (Å²) in [7, 11) is 0. The van der Waals surface area contributed by atoms with E-state index in [1.165, 1.54) is 0 Å². The summed E-state index contributed by atoms with van der Waals surface area (Å²) < 4.78 is 0. The molecule has 0 aliphatic carbocycles. The van der Waals surface area contributed by atoms with Crippen molar-refractivity contribution in [3.8, 4) is 0 Å². The molecular weight excluding hydrogens is 220 g/mol. The predicted molar refractivity (Wildman–Crippen MR) is 62.5 cm³/mol. The van der Waals surface area contributed by atoms with E-state index in [1.807, 2.05) is 0 Å². The molecule has 0 bridgehead atoms. The summed E-state index contributed by atoms with van der Waals surface area (Å²) in [5, 5.41) is 19.2. The van der Waals surface area contributed by atoms with E-state index in [1.54, 1.807) is 32.3 Å². The Kier molecular flexibility index (Phi) is 2.81. The zero-order valence-electron chi connectivity index (χ0n) is 9.69. The minimum atomic E-state index is -0.676. The number of fused-ring (bicyclic) bond motifs is 1. The van der Waals surface area contributed by atoms with Gasteiger partial charge in [0, 0.05) is 12.4 Å². The molecule has 2 rings (SSSR count). The number of hydrogen-bond donors (Lipinski definition) is 3. The Morgan fingerprint density at radius 3 is 3.06 bits per heavy atom. The lowest BCUT2D eigenvalue weighted by molar-refractivity contribution is 0.0866. The van der Waals surface area contributed by atoms with Gasteiger partial charge in [0.05, 0.1) is 23.0 Å². The van der Waals surface area contributed by atoms with Crippen LogP contribution in [0, 0.1) is 0 Å². The number of aromatic nitrogens is 3. The average molecular weight is 234 g/mol. The number of hydrogen-bond acceptors (Lipinski definition) is 4. The van der Waals surface area contributed by atoms with Gasteiger partial charge in [0.15, 0.2) is 5.69 Å². The molecule has 90 valence electrons. The molecule has 2 aromatic heterocycles. The van der Waals surface area contributed by atoms with E-state index in [0.717, 1.165) is 5.52 Å². The summed E-state index contributed by atoms with van der Waals surface area (Å²) in [6.07, 6.45) is 3.21. The van der Waals surface area contributed by atoms with Crippen LogP contribution in [0.4, 0.5) is 0 Å². The summed E-state index contributed by atoms with van der Waals surface area (Å²) in [5.74, 6) is -0.330. The first-order valence-electron chi connectivity index (χ1n) is 5.25. The van der Waals surface area contributed by atoms with E-state index in [2.05, 4.69) is 20.5 Å². The van der Waals surface area contributed by atoms with Gasteiger partial charge in [-0.15, -0.1) is 0 Å². The van der Waals surface area contributed by atoms with Crippen LogP contribution in [0.3, 0.4) is 0 Å². The third kappa shape index (κ3) is 2.26. The van der Waals surface area contributed by atoms with Crippen LogP contribution < -0.4 is 5.32 Å². The van der Waals surface area contributed by atoms with Crippen LogP contribution >= 0.6 is 0 Å². The van der Waals surface area contributed by atoms with E-state index in [9.17, 15) is 4.79 Å². The molecule has 0 atom stereocenters. The second-order valence-electron chi connectivity index (χ2n) is 4.49. The van der Waals surface area contributed by atoms with E-state index >= 15 is 0 Å². The molecule has 17 heavy (non-hydrogen) atoms. The molecule has 0 saturated carbocycles. The highest BCUT2D eigenvalue weighted by Crippen LogP contribution is 2.14. The molecule has 0 fully saturated rings. The Hall–Kier alpha value is -1.95. The fraction of sp³-hybridized carbons (Fsp3) is 0.364. The number of aliphatic hydroxyl groups excluding tert-OH is 1. The topological polar surface area (TPSA) is 90.9 Å². The van der Waals surface area contributed by atoms with Gasteiger partial charge in [-0.25, -0.2) is 0 Å². The molecule has 0 radical (unpaired) electrons. The molecule has 6 nitrogen and oxygen atoms in total. The summed E-state index contributed by atoms with van der Waals surface area (Å²) in [6, 6.07) is 1.75. The van der Waals surface area contributed by atoms with Crippen molar-refractivity contribution in [1.29, 1.82) is 0 Å². The van der Waals surface area contributed by atoms with Gasteiger partial charge in [0.2, 0.25) is 0 Å². The highest BCUT2D eigenvalue weighted by Gasteiger charge is 2.22. The number of aromatic amines is 1. The monoisotopic (exact) mass is 234 g/mol. The number of carbonyl (C=O) groups is 1. The summed E-state index contributed by atoms with van der Waals surface area (Å²) in [4.78, 5) is 15.9. The van der Waals surface area contributed by atoms with Crippen LogP contribution in [0.25, 0.3) is 10.9 Å². The fourth-order valence-electron chi connectivity index (χ4n) is 1.44. The van der Waals surface area contributed by atoms with Crippen molar-refractivity contribution in [2.45, 2.75) is 19.4 Å². The largest absolute Gasteiger partial charge is 0.394 e. The van der Waals surface area contributed by atoms with Crippen LogP contribution in [0.15, 0.2) is 18.5 Å². The van der Waals surface area contributed by atoms with Gasteiger partial charge in [-0.1, -0.05) is 0 Å². The van der Waals surface area contributed by atoms with Crippen molar-refractivity contribution in [3.05, 3.63) is 24.2 Å². The third-order valence-corrected chi connectivity index (χ3v) is 2.43. The summed E-state index contributed by atoms with van der Waals surface area (Å²) in [6.45, 7) is 3.33. The van der Waals surface area contributed by atoms with Crippen molar-refractivity contribution >= 4 is 16.8 Å². The number of amides is 1. The molecule has 0 spiro atoms. The molecule has 0 aromatic carbocycles. The quantitative estimate of drug-likeness (QED) is 0.719. The molecular formula is C11H14N4O2. The third-order valence-electron chi connectivity index (χ3n) is 2.43. The zero-order valence-corrected chi connectivity index (χ0v) is 9.69. The van der Waals surface area contributed by atoms with Gasteiger partial charge in [-0.05, 0) is 19.9 Å². The van der Waals surface area contributed by atoms with E-state index in [0.29, 0.717) is 5.39 Å². The fourth-order valence-corrected chi connectivity index (χ4v) is 1.44. The van der Waals surface area contributed by atoms with Gasteiger partial charge >= 0.3 is 0 Å². The molecule has 0 aliphatic heterocycles. The first-order valence-corrected chi connectivity index (χ1v) is 5.25. The van der Waals surface area contributed by atoms with Gasteiger partial charge in [0.1, 0.15) is 0 Å². The first-order chi connectivity index (χ1) is 8.03. The van der Waals surface area contributed by atoms with Crippen molar-refractivity contribution in [2.75, 3.05) is 6.61 Å². The molecule has 3 N–H and O–H groups in total. The van der Waals surface area contributed by atoms with Crippen LogP contribution in [0.1, 0.15) is 24.3 Å². The van der Waals surface area contributed by atoms with Crippen LogP contribution in [0.2, 0.25) is 0 Å². The number of rotatable bonds is 3. The zero-order chi connectivity index (χ0) is 12.5. The predicted octanol–water partition coefficient (Wildman–Crippen LogP) is 0.459. The standard InChI is InChI=1S/C11H14N4O2/c1-11(2,6-16)13-10(17)9-7-5-12-4-3-8(7)14-15-9/h3-5,16H,6H2,1-2H3,(H,13,17)(H,14,15). The Balaban J connectivity index is 2.31. The minimum absolute atomic E-state index is 0.140. The lowest BCUT2D eigenvalue weighted by Crippen LogP contribution is -2.46. The maximum Gasteiger partial charge on any atom is 0.272 e. The lowest BCUT2D eigenvalue weighted by Gasteiger charge is -2.22. The van der Waals surface area contributed by atoms with Gasteiger partial charge in [-0.2, -0.15) is 5.10 Å². The number of carbonyl (C=O) groups excluding carboxylic acids is 1. The second kappa shape index (κ2) is 4.14. The normalized spacial score (nSPS) is 11.7. The number of nitrogens with one attached hydrogen (secondary N) is 2. The van der Waals surface area contributed by atoms with E-state index in [4.69, 9.17) is 5.11 Å². The molecule has 2 aromatic rings. The van der Waals surface area contributed by atoms with Crippen molar-refractivity contribution in [3.63, 3.8) is 0 Å². The first kappa shape index (κ1) is 11.5. The van der Waals surface area contributed by atoms with Crippen molar-refractivity contribution < 1.29 is 9.90 Å². The van der Waals surface area contributed by atoms with Crippen LogP contribution in [-0.2, 0) is 0 Å². The SMILES string of the molecule is CC(C)(CO)NC(=O)c1n[nH]c2ccncc12. The smallest absolute Gasteiger partial charge is 0.272 e. The molecule has 0 unspecified atom stereocenters. The van der Waals surface area contributed by atoms with Crippen molar-refractivity contribution in [2.24, 2.45) is 0 Å². The average Bonchev–Trinajstić information content (AvgIpc) is 2.72. The molecule has 6 heteroatoms. The molecule has 1 amide bonds. The Bertz CT molecular complexity index is 547. The maximum atomic E-state index is 12.0. The molecule has 2 heterocycles. The second-order valence-corrected chi connectivity index (χ2v) is 4.49. The van der Waals surface area contributed by atoms with Crippen LogP contribution in [-0.4, -0.2) is 38.3 Å². The lowest BCUT2D eigenvalue weighted by atomic mass is 10.1. The number of nitrogens with zero attached hydrogens (tertiary/aromatic N) is 2.